The number of carbonyl (C=O) groups is 2. The molecule has 2 aromatic carbocycles. The number of hydrogen-bond acceptors (Lipinski definition) is 4. The first-order valence-electron chi connectivity index (χ1n) is 9.10. The van der Waals surface area contributed by atoms with Crippen molar-refractivity contribution < 1.29 is 19.1 Å². The van der Waals surface area contributed by atoms with Gasteiger partial charge in [0.25, 0.3) is 11.8 Å². The molecule has 1 aliphatic heterocycles. The first-order valence-corrected chi connectivity index (χ1v) is 9.48. The van der Waals surface area contributed by atoms with Crippen LogP contribution in [-0.2, 0) is 0 Å². The summed E-state index contributed by atoms with van der Waals surface area (Å²) in [6.45, 7) is 2.03. The quantitative estimate of drug-likeness (QED) is 0.787. The van der Waals surface area contributed by atoms with Gasteiger partial charge in [0.1, 0.15) is 17.1 Å². The lowest BCUT2D eigenvalue weighted by molar-refractivity contribution is 0.0715. The minimum atomic E-state index is -0.161. The molecule has 0 N–H and O–H groups in total. The SMILES string of the molecule is COc1cccc(OC)c1C(=O)N1CCCN(C(=O)c2cccc(Cl)c2)CC1. The Morgan fingerprint density at radius 3 is 2.00 bits per heavy atom. The van der Waals surface area contributed by atoms with Crippen molar-refractivity contribution in [3.8, 4) is 11.5 Å². The Morgan fingerprint density at radius 1 is 0.857 bits per heavy atom. The van der Waals surface area contributed by atoms with Gasteiger partial charge in [0.15, 0.2) is 0 Å². The third kappa shape index (κ3) is 4.22. The second-order valence-corrected chi connectivity index (χ2v) is 6.92. The number of halogens is 1. The molecule has 0 unspecified atom stereocenters. The van der Waals surface area contributed by atoms with Crippen LogP contribution in [0.3, 0.4) is 0 Å². The van der Waals surface area contributed by atoms with Crippen molar-refractivity contribution in [1.29, 1.82) is 0 Å². The summed E-state index contributed by atoms with van der Waals surface area (Å²) < 4.78 is 10.7. The van der Waals surface area contributed by atoms with E-state index < -0.39 is 0 Å². The molecule has 1 saturated heterocycles. The molecule has 0 radical (unpaired) electrons. The van der Waals surface area contributed by atoms with E-state index in [1.807, 2.05) is 0 Å². The number of carbonyl (C=O) groups excluding carboxylic acids is 2. The van der Waals surface area contributed by atoms with Crippen LogP contribution in [-0.4, -0.2) is 62.0 Å². The van der Waals surface area contributed by atoms with E-state index in [1.165, 1.54) is 14.2 Å². The number of methoxy groups -OCH3 is 2. The molecule has 0 saturated carbocycles. The summed E-state index contributed by atoms with van der Waals surface area (Å²) in [5, 5.41) is 0.528. The third-order valence-electron chi connectivity index (χ3n) is 4.78. The first kappa shape index (κ1) is 20.0. The van der Waals surface area contributed by atoms with E-state index in [2.05, 4.69) is 0 Å². The standard InChI is InChI=1S/C21H23ClN2O4/c1-27-17-8-4-9-18(28-2)19(17)21(26)24-11-5-10-23(12-13-24)20(25)15-6-3-7-16(22)14-15/h3-4,6-9,14H,5,10-13H2,1-2H3. The zero-order chi connectivity index (χ0) is 20.1. The molecule has 6 nitrogen and oxygen atoms in total. The minimum absolute atomic E-state index is 0.0772. The van der Waals surface area contributed by atoms with Crippen LogP contribution in [0.1, 0.15) is 27.1 Å². The van der Waals surface area contributed by atoms with Crippen LogP contribution in [0.5, 0.6) is 11.5 Å². The Morgan fingerprint density at radius 2 is 1.43 bits per heavy atom. The summed E-state index contributed by atoms with van der Waals surface area (Å²) in [5.41, 5.74) is 0.959. The van der Waals surface area contributed by atoms with Crippen LogP contribution in [0.4, 0.5) is 0 Å². The van der Waals surface area contributed by atoms with Crippen LogP contribution < -0.4 is 9.47 Å². The fourth-order valence-corrected chi connectivity index (χ4v) is 3.54. The third-order valence-corrected chi connectivity index (χ3v) is 5.02. The van der Waals surface area contributed by atoms with Crippen LogP contribution in [0.15, 0.2) is 42.5 Å². The molecule has 1 fully saturated rings. The summed E-state index contributed by atoms with van der Waals surface area (Å²) in [7, 11) is 3.05. The maximum Gasteiger partial charge on any atom is 0.261 e. The predicted molar refractivity (Wildman–Crippen MR) is 107 cm³/mol. The van der Waals surface area contributed by atoms with Gasteiger partial charge in [-0.05, 0) is 36.8 Å². The first-order chi connectivity index (χ1) is 13.5. The molecule has 0 aromatic heterocycles. The van der Waals surface area contributed by atoms with Gasteiger partial charge >= 0.3 is 0 Å². The van der Waals surface area contributed by atoms with Gasteiger partial charge in [-0.25, -0.2) is 0 Å². The largest absolute Gasteiger partial charge is 0.496 e. The zero-order valence-corrected chi connectivity index (χ0v) is 16.7. The van der Waals surface area contributed by atoms with Crippen molar-refractivity contribution in [2.45, 2.75) is 6.42 Å². The van der Waals surface area contributed by atoms with Gasteiger partial charge in [-0.15, -0.1) is 0 Å². The van der Waals surface area contributed by atoms with Crippen molar-refractivity contribution in [3.05, 3.63) is 58.6 Å². The molecule has 2 aromatic rings. The van der Waals surface area contributed by atoms with Gasteiger partial charge in [-0.1, -0.05) is 23.7 Å². The topological polar surface area (TPSA) is 59.1 Å². The second kappa shape index (κ2) is 8.97. The van der Waals surface area contributed by atoms with Crippen LogP contribution in [0.25, 0.3) is 0 Å². The summed E-state index contributed by atoms with van der Waals surface area (Å²) in [6.07, 6.45) is 0.690. The van der Waals surface area contributed by atoms with Gasteiger partial charge in [-0.3, -0.25) is 9.59 Å². The van der Waals surface area contributed by atoms with Gasteiger partial charge in [0.2, 0.25) is 0 Å². The number of benzene rings is 2. The fraction of sp³-hybridized carbons (Fsp3) is 0.333. The van der Waals surface area contributed by atoms with Crippen LogP contribution in [0.2, 0.25) is 5.02 Å². The van der Waals surface area contributed by atoms with Crippen molar-refractivity contribution in [3.63, 3.8) is 0 Å². The van der Waals surface area contributed by atoms with Gasteiger partial charge in [0.05, 0.1) is 14.2 Å². The molecule has 1 aliphatic rings. The van der Waals surface area contributed by atoms with E-state index in [1.54, 1.807) is 52.3 Å². The van der Waals surface area contributed by atoms with Crippen molar-refractivity contribution in [2.75, 3.05) is 40.4 Å². The number of amides is 2. The molecule has 0 atom stereocenters. The van der Waals surface area contributed by atoms with E-state index in [-0.39, 0.29) is 11.8 Å². The average molecular weight is 403 g/mol. The number of ether oxygens (including phenoxy) is 2. The maximum absolute atomic E-state index is 13.1. The lowest BCUT2D eigenvalue weighted by atomic mass is 10.1. The van der Waals surface area contributed by atoms with E-state index in [4.69, 9.17) is 21.1 Å². The van der Waals surface area contributed by atoms with E-state index in [0.29, 0.717) is 60.2 Å². The lowest BCUT2D eigenvalue weighted by Crippen LogP contribution is -2.37. The normalized spacial score (nSPS) is 14.4. The molecule has 1 heterocycles. The van der Waals surface area contributed by atoms with E-state index >= 15 is 0 Å². The average Bonchev–Trinajstić information content (AvgIpc) is 2.98. The summed E-state index contributed by atoms with van der Waals surface area (Å²) >= 11 is 6.00. The van der Waals surface area contributed by atoms with Gasteiger partial charge < -0.3 is 19.3 Å². The highest BCUT2D eigenvalue weighted by Crippen LogP contribution is 2.30. The zero-order valence-electron chi connectivity index (χ0n) is 16.0. The molecule has 148 valence electrons. The highest BCUT2D eigenvalue weighted by atomic mass is 35.5. The number of nitrogens with zero attached hydrogens (tertiary/aromatic N) is 2. The molecule has 0 aliphatic carbocycles. The van der Waals surface area contributed by atoms with Crippen LogP contribution >= 0.6 is 11.6 Å². The van der Waals surface area contributed by atoms with Crippen molar-refractivity contribution >= 4 is 23.4 Å². The number of hydrogen-bond donors (Lipinski definition) is 0. The minimum Gasteiger partial charge on any atom is -0.496 e. The molecule has 0 bridgehead atoms. The lowest BCUT2D eigenvalue weighted by Gasteiger charge is -2.23. The molecule has 0 spiro atoms. The summed E-state index contributed by atoms with van der Waals surface area (Å²) in [4.78, 5) is 29.4. The molecule has 2 amide bonds. The van der Waals surface area contributed by atoms with Crippen molar-refractivity contribution in [2.24, 2.45) is 0 Å². The van der Waals surface area contributed by atoms with E-state index in [0.717, 1.165) is 0 Å². The smallest absolute Gasteiger partial charge is 0.261 e. The molecule has 28 heavy (non-hydrogen) atoms. The summed E-state index contributed by atoms with van der Waals surface area (Å²) in [6, 6.07) is 12.2. The maximum atomic E-state index is 13.1. The van der Waals surface area contributed by atoms with Crippen molar-refractivity contribution in [1.82, 2.24) is 9.80 Å². The second-order valence-electron chi connectivity index (χ2n) is 6.49. The molecular weight excluding hydrogens is 380 g/mol. The highest BCUT2D eigenvalue weighted by molar-refractivity contribution is 6.30. The Kier molecular flexibility index (Phi) is 6.41. The highest BCUT2D eigenvalue weighted by Gasteiger charge is 2.27. The van der Waals surface area contributed by atoms with Crippen LogP contribution in [0, 0.1) is 0 Å². The Bertz CT molecular complexity index is 849. The Labute approximate surface area is 169 Å². The predicted octanol–water partition coefficient (Wildman–Crippen LogP) is 3.35. The number of rotatable bonds is 4. The molecule has 3 rings (SSSR count). The summed E-state index contributed by atoms with van der Waals surface area (Å²) in [5.74, 6) is 0.707. The monoisotopic (exact) mass is 402 g/mol. The Hall–Kier alpha value is -2.73. The van der Waals surface area contributed by atoms with Gasteiger partial charge in [-0.2, -0.15) is 0 Å². The van der Waals surface area contributed by atoms with E-state index in [9.17, 15) is 9.59 Å². The molecular formula is C21H23ClN2O4. The Balaban J connectivity index is 1.75. The molecule has 7 heteroatoms. The fourth-order valence-electron chi connectivity index (χ4n) is 3.35. The van der Waals surface area contributed by atoms with Gasteiger partial charge in [0, 0.05) is 36.8 Å².